The number of carboxylic acids is 1. The number of piperidine rings is 1. The van der Waals surface area contributed by atoms with Gasteiger partial charge in [-0.3, -0.25) is 4.79 Å². The zero-order valence-corrected chi connectivity index (χ0v) is 12.4. The minimum atomic E-state index is -0.960. The Labute approximate surface area is 123 Å². The number of hydrogen-bond donors (Lipinski definition) is 1. The largest absolute Gasteiger partial charge is 0.480 e. The standard InChI is InChI=1S/C14H22N2O5/c1-9-3-6-16(11(7-9)12(17)18)14(20)15-5-4-10(8-15)13(19)21-2/h9-11H,3-8H2,1-2H3,(H,17,18). The topological polar surface area (TPSA) is 87.2 Å². The van der Waals surface area contributed by atoms with Crippen LogP contribution in [-0.4, -0.2) is 65.7 Å². The smallest absolute Gasteiger partial charge is 0.326 e. The Kier molecular flexibility index (Phi) is 4.69. The van der Waals surface area contributed by atoms with Crippen LogP contribution in [0.1, 0.15) is 26.2 Å². The predicted octanol–water partition coefficient (Wildman–Crippen LogP) is 0.786. The van der Waals surface area contributed by atoms with Gasteiger partial charge in [-0.25, -0.2) is 9.59 Å². The minimum absolute atomic E-state index is 0.277. The van der Waals surface area contributed by atoms with Gasteiger partial charge in [0.2, 0.25) is 0 Å². The zero-order chi connectivity index (χ0) is 15.6. The van der Waals surface area contributed by atoms with E-state index in [1.165, 1.54) is 12.0 Å². The van der Waals surface area contributed by atoms with Crippen LogP contribution >= 0.6 is 0 Å². The first-order valence-electron chi connectivity index (χ1n) is 7.30. The lowest BCUT2D eigenvalue weighted by Crippen LogP contribution is -2.54. The summed E-state index contributed by atoms with van der Waals surface area (Å²) in [6.45, 7) is 3.23. The van der Waals surface area contributed by atoms with Gasteiger partial charge in [0, 0.05) is 19.6 Å². The first-order valence-corrected chi connectivity index (χ1v) is 7.30. The number of rotatable bonds is 2. The van der Waals surface area contributed by atoms with Gasteiger partial charge in [-0.1, -0.05) is 6.92 Å². The summed E-state index contributed by atoms with van der Waals surface area (Å²) >= 11 is 0. The van der Waals surface area contributed by atoms with Crippen molar-refractivity contribution in [3.8, 4) is 0 Å². The van der Waals surface area contributed by atoms with Crippen LogP contribution in [0.15, 0.2) is 0 Å². The number of amides is 2. The highest BCUT2D eigenvalue weighted by atomic mass is 16.5. The summed E-state index contributed by atoms with van der Waals surface area (Å²) in [4.78, 5) is 38.4. The Morgan fingerprint density at radius 2 is 1.90 bits per heavy atom. The summed E-state index contributed by atoms with van der Waals surface area (Å²) in [6, 6.07) is -1.04. The van der Waals surface area contributed by atoms with Gasteiger partial charge in [0.15, 0.2) is 0 Å². The van der Waals surface area contributed by atoms with Crippen molar-refractivity contribution in [2.45, 2.75) is 32.2 Å². The Morgan fingerprint density at radius 3 is 2.52 bits per heavy atom. The molecule has 2 rings (SSSR count). The number of carbonyl (C=O) groups is 3. The zero-order valence-electron chi connectivity index (χ0n) is 12.4. The highest BCUT2D eigenvalue weighted by molar-refractivity contribution is 5.84. The number of aliphatic carboxylic acids is 1. The molecule has 3 atom stereocenters. The SMILES string of the molecule is COC(=O)C1CCN(C(=O)N2CCC(C)CC2C(=O)O)C1. The first kappa shape index (κ1) is 15.6. The number of carbonyl (C=O) groups excluding carboxylic acids is 2. The summed E-state index contributed by atoms with van der Waals surface area (Å²) < 4.78 is 4.70. The van der Waals surface area contributed by atoms with Gasteiger partial charge in [0.05, 0.1) is 13.0 Å². The van der Waals surface area contributed by atoms with E-state index < -0.39 is 12.0 Å². The summed E-state index contributed by atoms with van der Waals surface area (Å²) in [5.41, 5.74) is 0. The van der Waals surface area contributed by atoms with Crippen LogP contribution in [-0.2, 0) is 14.3 Å². The maximum atomic E-state index is 12.5. The van der Waals surface area contributed by atoms with Crippen molar-refractivity contribution in [3.05, 3.63) is 0 Å². The number of hydrogen-bond acceptors (Lipinski definition) is 4. The minimum Gasteiger partial charge on any atom is -0.480 e. The van der Waals surface area contributed by atoms with Crippen LogP contribution in [0.5, 0.6) is 0 Å². The quantitative estimate of drug-likeness (QED) is 0.761. The number of urea groups is 1. The molecule has 0 bridgehead atoms. The summed E-state index contributed by atoms with van der Waals surface area (Å²) in [7, 11) is 1.33. The second kappa shape index (κ2) is 6.32. The number of nitrogens with zero attached hydrogens (tertiary/aromatic N) is 2. The van der Waals surface area contributed by atoms with E-state index in [9.17, 15) is 19.5 Å². The third kappa shape index (κ3) is 3.28. The van der Waals surface area contributed by atoms with E-state index in [0.29, 0.717) is 38.4 Å². The number of likely N-dealkylation sites (tertiary alicyclic amines) is 2. The number of methoxy groups -OCH3 is 1. The van der Waals surface area contributed by atoms with Crippen LogP contribution in [0.3, 0.4) is 0 Å². The van der Waals surface area contributed by atoms with Gasteiger partial charge in [-0.15, -0.1) is 0 Å². The van der Waals surface area contributed by atoms with E-state index in [-0.39, 0.29) is 17.9 Å². The van der Waals surface area contributed by atoms with Crippen molar-refractivity contribution in [1.29, 1.82) is 0 Å². The molecule has 0 aromatic carbocycles. The second-order valence-corrected chi connectivity index (χ2v) is 5.91. The molecule has 0 aliphatic carbocycles. The van der Waals surface area contributed by atoms with Crippen LogP contribution in [0.4, 0.5) is 4.79 Å². The molecule has 3 unspecified atom stereocenters. The van der Waals surface area contributed by atoms with Gasteiger partial charge in [-0.2, -0.15) is 0 Å². The molecular weight excluding hydrogens is 276 g/mol. The van der Waals surface area contributed by atoms with Gasteiger partial charge in [-0.05, 0) is 25.2 Å². The lowest BCUT2D eigenvalue weighted by molar-refractivity contribution is -0.145. The number of carboxylic acid groups (broad SMARTS) is 1. The van der Waals surface area contributed by atoms with E-state index >= 15 is 0 Å². The van der Waals surface area contributed by atoms with Gasteiger partial charge in [0.25, 0.3) is 0 Å². The van der Waals surface area contributed by atoms with Gasteiger partial charge < -0.3 is 19.6 Å². The third-order valence-corrected chi connectivity index (χ3v) is 4.39. The normalized spacial score (nSPS) is 29.3. The Balaban J connectivity index is 2.02. The molecule has 2 heterocycles. The molecule has 2 aliphatic rings. The average molecular weight is 298 g/mol. The van der Waals surface area contributed by atoms with E-state index in [2.05, 4.69) is 0 Å². The fourth-order valence-electron chi connectivity index (χ4n) is 3.08. The Bertz CT molecular complexity index is 439. The molecule has 0 saturated carbocycles. The Morgan fingerprint density at radius 1 is 1.19 bits per heavy atom. The van der Waals surface area contributed by atoms with Crippen LogP contribution in [0, 0.1) is 11.8 Å². The second-order valence-electron chi connectivity index (χ2n) is 5.91. The fraction of sp³-hybridized carbons (Fsp3) is 0.786. The number of ether oxygens (including phenoxy) is 1. The third-order valence-electron chi connectivity index (χ3n) is 4.39. The highest BCUT2D eigenvalue weighted by Gasteiger charge is 2.39. The van der Waals surface area contributed by atoms with Crippen molar-refractivity contribution in [2.75, 3.05) is 26.7 Å². The molecule has 0 spiro atoms. The van der Waals surface area contributed by atoms with Crippen LogP contribution in [0.2, 0.25) is 0 Å². The van der Waals surface area contributed by atoms with E-state index in [1.54, 1.807) is 4.90 Å². The Hall–Kier alpha value is -1.79. The van der Waals surface area contributed by atoms with Crippen molar-refractivity contribution in [3.63, 3.8) is 0 Å². The molecule has 0 radical (unpaired) electrons. The van der Waals surface area contributed by atoms with Crippen molar-refractivity contribution < 1.29 is 24.2 Å². The molecule has 2 saturated heterocycles. The molecular formula is C14H22N2O5. The molecule has 7 heteroatoms. The molecule has 0 aromatic heterocycles. The van der Waals surface area contributed by atoms with Crippen LogP contribution < -0.4 is 0 Å². The molecule has 0 aromatic rings. The van der Waals surface area contributed by atoms with Crippen molar-refractivity contribution in [1.82, 2.24) is 9.80 Å². The first-order chi connectivity index (χ1) is 9.93. The van der Waals surface area contributed by atoms with Crippen molar-refractivity contribution in [2.24, 2.45) is 11.8 Å². The maximum Gasteiger partial charge on any atom is 0.326 e. The fourth-order valence-corrected chi connectivity index (χ4v) is 3.08. The molecule has 21 heavy (non-hydrogen) atoms. The van der Waals surface area contributed by atoms with Crippen molar-refractivity contribution >= 4 is 18.0 Å². The number of esters is 1. The molecule has 2 fully saturated rings. The van der Waals surface area contributed by atoms with E-state index in [4.69, 9.17) is 4.74 Å². The maximum absolute atomic E-state index is 12.5. The molecule has 2 amide bonds. The monoisotopic (exact) mass is 298 g/mol. The lowest BCUT2D eigenvalue weighted by atomic mass is 9.93. The highest BCUT2D eigenvalue weighted by Crippen LogP contribution is 2.26. The summed E-state index contributed by atoms with van der Waals surface area (Å²) in [5.74, 6) is -1.27. The average Bonchev–Trinajstić information content (AvgIpc) is 2.95. The van der Waals surface area contributed by atoms with Crippen LogP contribution in [0.25, 0.3) is 0 Å². The molecule has 7 nitrogen and oxygen atoms in total. The summed E-state index contributed by atoms with van der Waals surface area (Å²) in [6.07, 6.45) is 1.86. The molecule has 1 N–H and O–H groups in total. The predicted molar refractivity (Wildman–Crippen MR) is 73.6 cm³/mol. The van der Waals surface area contributed by atoms with E-state index in [0.717, 1.165) is 6.42 Å². The molecule has 2 aliphatic heterocycles. The van der Waals surface area contributed by atoms with E-state index in [1.807, 2.05) is 6.92 Å². The lowest BCUT2D eigenvalue weighted by Gasteiger charge is -2.38. The van der Waals surface area contributed by atoms with Gasteiger partial charge in [0.1, 0.15) is 6.04 Å². The molecule has 118 valence electrons. The van der Waals surface area contributed by atoms with Gasteiger partial charge >= 0.3 is 18.0 Å². The summed E-state index contributed by atoms with van der Waals surface area (Å²) in [5, 5.41) is 9.31.